The van der Waals surface area contributed by atoms with Crippen molar-refractivity contribution in [2.45, 2.75) is 52.5 Å². The van der Waals surface area contributed by atoms with Gasteiger partial charge in [-0.25, -0.2) is 0 Å². The lowest BCUT2D eigenvalue weighted by Gasteiger charge is -2.11. The molecule has 20 heavy (non-hydrogen) atoms. The number of hydrogen-bond donors (Lipinski definition) is 1. The molecule has 0 saturated carbocycles. The second kappa shape index (κ2) is 7.62. The van der Waals surface area contributed by atoms with E-state index in [9.17, 15) is 14.9 Å². The summed E-state index contributed by atoms with van der Waals surface area (Å²) in [5.41, 5.74) is 0.602. The highest BCUT2D eigenvalue weighted by molar-refractivity contribution is 5.79. The van der Waals surface area contributed by atoms with Gasteiger partial charge in [-0.1, -0.05) is 26.2 Å². The smallest absolute Gasteiger partial charge is 0.358 e. The lowest BCUT2D eigenvalue weighted by molar-refractivity contribution is -0.389. The molecule has 0 fully saturated rings. The van der Waals surface area contributed by atoms with Gasteiger partial charge in [0.2, 0.25) is 5.91 Å². The van der Waals surface area contributed by atoms with Crippen molar-refractivity contribution in [3.63, 3.8) is 0 Å². The number of rotatable bonds is 8. The van der Waals surface area contributed by atoms with Crippen molar-refractivity contribution in [3.05, 3.63) is 21.9 Å². The molecule has 1 rings (SSSR count). The van der Waals surface area contributed by atoms with Gasteiger partial charge in [0.15, 0.2) is 0 Å². The number of aryl methyl sites for hydroxylation is 1. The van der Waals surface area contributed by atoms with E-state index < -0.39 is 11.0 Å². The van der Waals surface area contributed by atoms with E-state index in [1.54, 1.807) is 13.8 Å². The molecule has 0 radical (unpaired) electrons. The van der Waals surface area contributed by atoms with Crippen molar-refractivity contribution in [2.75, 3.05) is 6.54 Å². The molecule has 1 amide bonds. The number of carbonyl (C=O) groups is 1. The van der Waals surface area contributed by atoms with Gasteiger partial charge in [0, 0.05) is 6.54 Å². The van der Waals surface area contributed by atoms with Gasteiger partial charge < -0.3 is 15.4 Å². The maximum atomic E-state index is 12.0. The summed E-state index contributed by atoms with van der Waals surface area (Å²) < 4.78 is 1.39. The first kappa shape index (κ1) is 16.1. The number of aromatic nitrogens is 2. The second-order valence-electron chi connectivity index (χ2n) is 4.87. The number of carbonyl (C=O) groups excluding carboxylic acids is 1. The van der Waals surface area contributed by atoms with Crippen LogP contribution in [0.4, 0.5) is 5.82 Å². The summed E-state index contributed by atoms with van der Waals surface area (Å²) in [6.45, 7) is 6.15. The lowest BCUT2D eigenvalue weighted by atomic mass is 10.2. The van der Waals surface area contributed by atoms with Gasteiger partial charge in [0.1, 0.15) is 6.04 Å². The van der Waals surface area contributed by atoms with Crippen molar-refractivity contribution in [1.82, 2.24) is 15.1 Å². The SMILES string of the molecule is CCCCCCNC(=O)C(C)n1nc([N+](=O)[O-])cc1C. The van der Waals surface area contributed by atoms with Gasteiger partial charge in [-0.2, -0.15) is 4.68 Å². The molecule has 1 aromatic heterocycles. The van der Waals surface area contributed by atoms with E-state index in [2.05, 4.69) is 17.3 Å². The maximum absolute atomic E-state index is 12.0. The fourth-order valence-electron chi connectivity index (χ4n) is 1.97. The highest BCUT2D eigenvalue weighted by Crippen LogP contribution is 2.16. The number of unbranched alkanes of at least 4 members (excludes halogenated alkanes) is 3. The number of hydrogen-bond acceptors (Lipinski definition) is 4. The predicted octanol–water partition coefficient (Wildman–Crippen LogP) is 2.36. The van der Waals surface area contributed by atoms with Crippen LogP contribution in [0.15, 0.2) is 6.07 Å². The van der Waals surface area contributed by atoms with Gasteiger partial charge in [0.25, 0.3) is 0 Å². The summed E-state index contributed by atoms with van der Waals surface area (Å²) in [5.74, 6) is -0.396. The van der Waals surface area contributed by atoms with E-state index in [1.165, 1.54) is 10.7 Å². The Morgan fingerprint density at radius 3 is 2.75 bits per heavy atom. The van der Waals surface area contributed by atoms with Crippen LogP contribution in [0.1, 0.15) is 51.3 Å². The van der Waals surface area contributed by atoms with E-state index in [0.717, 1.165) is 25.7 Å². The molecule has 112 valence electrons. The molecule has 7 heteroatoms. The number of amides is 1. The number of nitrogens with one attached hydrogen (secondary N) is 1. The van der Waals surface area contributed by atoms with Crippen LogP contribution in [0.25, 0.3) is 0 Å². The average molecular weight is 282 g/mol. The highest BCUT2D eigenvalue weighted by Gasteiger charge is 2.24. The summed E-state index contributed by atoms with van der Waals surface area (Å²) in [6.07, 6.45) is 4.36. The maximum Gasteiger partial charge on any atom is 0.390 e. The Balaban J connectivity index is 2.54. The van der Waals surface area contributed by atoms with Gasteiger partial charge in [-0.3, -0.25) is 4.79 Å². The van der Waals surface area contributed by atoms with Crippen molar-refractivity contribution >= 4 is 11.7 Å². The second-order valence-corrected chi connectivity index (χ2v) is 4.87. The number of nitrogens with zero attached hydrogens (tertiary/aromatic N) is 3. The quantitative estimate of drug-likeness (QED) is 0.450. The molecule has 0 spiro atoms. The third kappa shape index (κ3) is 4.32. The molecule has 0 aliphatic heterocycles. The Labute approximate surface area is 118 Å². The van der Waals surface area contributed by atoms with E-state index in [0.29, 0.717) is 12.2 Å². The van der Waals surface area contributed by atoms with Crippen LogP contribution < -0.4 is 5.32 Å². The Bertz CT molecular complexity index is 470. The molecule has 1 aromatic rings. The van der Waals surface area contributed by atoms with Gasteiger partial charge in [-0.15, -0.1) is 0 Å². The van der Waals surface area contributed by atoms with Gasteiger partial charge in [0.05, 0.1) is 16.9 Å². The molecular formula is C13H22N4O3. The zero-order valence-corrected chi connectivity index (χ0v) is 12.3. The van der Waals surface area contributed by atoms with Crippen LogP contribution in [0.3, 0.4) is 0 Å². The summed E-state index contributed by atoms with van der Waals surface area (Å²) in [4.78, 5) is 22.1. The van der Waals surface area contributed by atoms with E-state index in [4.69, 9.17) is 0 Å². The molecule has 0 saturated heterocycles. The van der Waals surface area contributed by atoms with Crippen molar-refractivity contribution < 1.29 is 9.72 Å². The molecule has 0 aromatic carbocycles. The molecule has 0 aliphatic rings. The molecule has 1 N–H and O–H groups in total. The van der Waals surface area contributed by atoms with Gasteiger partial charge in [-0.05, 0) is 25.2 Å². The topological polar surface area (TPSA) is 90.1 Å². The zero-order valence-electron chi connectivity index (χ0n) is 12.3. The first-order valence-electron chi connectivity index (χ1n) is 6.95. The molecule has 1 unspecified atom stereocenters. The largest absolute Gasteiger partial charge is 0.390 e. The molecule has 1 heterocycles. The molecule has 0 aliphatic carbocycles. The lowest BCUT2D eigenvalue weighted by Crippen LogP contribution is -2.32. The molecule has 0 bridgehead atoms. The first-order valence-corrected chi connectivity index (χ1v) is 6.95. The molecular weight excluding hydrogens is 260 g/mol. The van der Waals surface area contributed by atoms with Crippen LogP contribution in [-0.4, -0.2) is 27.2 Å². The standard InChI is InChI=1S/C13H22N4O3/c1-4-5-6-7-8-14-13(18)11(3)16-10(2)9-12(15-16)17(19)20/h9,11H,4-8H2,1-3H3,(H,14,18). The van der Waals surface area contributed by atoms with Crippen LogP contribution in [0.5, 0.6) is 0 Å². The Kier molecular flexibility index (Phi) is 6.14. The third-order valence-corrected chi connectivity index (χ3v) is 3.17. The minimum absolute atomic E-state index is 0.164. The third-order valence-electron chi connectivity index (χ3n) is 3.17. The summed E-state index contributed by atoms with van der Waals surface area (Å²) in [7, 11) is 0. The minimum Gasteiger partial charge on any atom is -0.358 e. The Morgan fingerprint density at radius 2 is 2.20 bits per heavy atom. The summed E-state index contributed by atoms with van der Waals surface area (Å²) in [6, 6.07) is 0.820. The van der Waals surface area contributed by atoms with Crippen molar-refractivity contribution in [2.24, 2.45) is 0 Å². The summed E-state index contributed by atoms with van der Waals surface area (Å²) in [5, 5.41) is 17.3. The normalized spacial score (nSPS) is 12.2. The highest BCUT2D eigenvalue weighted by atomic mass is 16.6. The fourth-order valence-corrected chi connectivity index (χ4v) is 1.97. The van der Waals surface area contributed by atoms with E-state index in [1.807, 2.05) is 0 Å². The minimum atomic E-state index is -0.557. The Morgan fingerprint density at radius 1 is 1.50 bits per heavy atom. The zero-order chi connectivity index (χ0) is 15.1. The fraction of sp³-hybridized carbons (Fsp3) is 0.692. The van der Waals surface area contributed by atoms with Crippen LogP contribution >= 0.6 is 0 Å². The summed E-state index contributed by atoms with van der Waals surface area (Å²) >= 11 is 0. The van der Waals surface area contributed by atoms with E-state index >= 15 is 0 Å². The molecule has 1 atom stereocenters. The van der Waals surface area contributed by atoms with Crippen LogP contribution in [0, 0.1) is 17.0 Å². The molecule has 7 nitrogen and oxygen atoms in total. The Hall–Kier alpha value is -1.92. The van der Waals surface area contributed by atoms with E-state index in [-0.39, 0.29) is 11.7 Å². The van der Waals surface area contributed by atoms with Gasteiger partial charge >= 0.3 is 5.82 Å². The van der Waals surface area contributed by atoms with Crippen LogP contribution in [0.2, 0.25) is 0 Å². The predicted molar refractivity (Wildman–Crippen MR) is 75.5 cm³/mol. The average Bonchev–Trinajstić information content (AvgIpc) is 2.79. The van der Waals surface area contributed by atoms with Crippen molar-refractivity contribution in [1.29, 1.82) is 0 Å². The van der Waals surface area contributed by atoms with Crippen LogP contribution in [-0.2, 0) is 4.79 Å². The first-order chi connectivity index (χ1) is 9.47. The number of nitro groups is 1. The monoisotopic (exact) mass is 282 g/mol. The van der Waals surface area contributed by atoms with Crippen molar-refractivity contribution in [3.8, 4) is 0 Å².